The van der Waals surface area contributed by atoms with Gasteiger partial charge in [0.2, 0.25) is 5.91 Å². The van der Waals surface area contributed by atoms with Crippen molar-refractivity contribution in [2.75, 3.05) is 30.7 Å². The van der Waals surface area contributed by atoms with Crippen LogP contribution in [0.5, 0.6) is 0 Å². The van der Waals surface area contributed by atoms with E-state index in [9.17, 15) is 4.79 Å². The van der Waals surface area contributed by atoms with E-state index in [2.05, 4.69) is 15.3 Å². The first-order valence-corrected chi connectivity index (χ1v) is 6.88. The summed E-state index contributed by atoms with van der Waals surface area (Å²) in [7, 11) is 0. The van der Waals surface area contributed by atoms with E-state index in [1.54, 1.807) is 6.07 Å². The number of rotatable bonds is 4. The molecule has 0 unspecified atom stereocenters. The highest BCUT2D eigenvalue weighted by atomic mass is 16.2. The number of carbonyl (C=O) groups is 1. The van der Waals surface area contributed by atoms with Crippen molar-refractivity contribution < 1.29 is 4.79 Å². The third kappa shape index (κ3) is 2.94. The lowest BCUT2D eigenvalue weighted by Crippen LogP contribution is -2.33. The first kappa shape index (κ1) is 12.2. The summed E-state index contributed by atoms with van der Waals surface area (Å²) >= 11 is 0. The minimum absolute atomic E-state index is 0.127. The van der Waals surface area contributed by atoms with Gasteiger partial charge in [-0.2, -0.15) is 0 Å². The summed E-state index contributed by atoms with van der Waals surface area (Å²) < 4.78 is 0. The predicted molar refractivity (Wildman–Crippen MR) is 72.7 cm³/mol. The Labute approximate surface area is 112 Å². The standard InChI is InChI=1S/C13H19N5O/c14-10-7-11(17-13(16-10)9-3-4-9)15-8-12(19)18-5-1-2-6-18/h7,9H,1-6,8H2,(H3,14,15,16,17). The zero-order valence-electron chi connectivity index (χ0n) is 10.9. The lowest BCUT2D eigenvalue weighted by Gasteiger charge is -2.16. The molecule has 1 saturated heterocycles. The lowest BCUT2D eigenvalue weighted by molar-refractivity contribution is -0.128. The Bertz CT molecular complexity index is 480. The number of amides is 1. The largest absolute Gasteiger partial charge is 0.384 e. The molecule has 6 heteroatoms. The molecule has 2 heterocycles. The monoisotopic (exact) mass is 261 g/mol. The third-order valence-electron chi connectivity index (χ3n) is 3.59. The molecule has 1 aliphatic heterocycles. The van der Waals surface area contributed by atoms with Crippen molar-refractivity contribution in [2.45, 2.75) is 31.6 Å². The molecule has 3 rings (SSSR count). The van der Waals surface area contributed by atoms with Gasteiger partial charge in [-0.1, -0.05) is 0 Å². The predicted octanol–water partition coefficient (Wildman–Crippen LogP) is 0.970. The van der Waals surface area contributed by atoms with Crippen LogP contribution in [0.3, 0.4) is 0 Å². The van der Waals surface area contributed by atoms with Crippen LogP contribution < -0.4 is 11.1 Å². The number of hydrogen-bond donors (Lipinski definition) is 2. The zero-order valence-corrected chi connectivity index (χ0v) is 10.9. The number of nitrogens with two attached hydrogens (primary N) is 1. The smallest absolute Gasteiger partial charge is 0.241 e. The van der Waals surface area contributed by atoms with Gasteiger partial charge >= 0.3 is 0 Å². The number of nitrogen functional groups attached to an aromatic ring is 1. The second-order valence-electron chi connectivity index (χ2n) is 5.25. The van der Waals surface area contributed by atoms with E-state index in [-0.39, 0.29) is 12.5 Å². The number of anilines is 2. The van der Waals surface area contributed by atoms with Gasteiger partial charge in [-0.05, 0) is 25.7 Å². The van der Waals surface area contributed by atoms with Crippen LogP contribution >= 0.6 is 0 Å². The molecule has 2 fully saturated rings. The Balaban J connectivity index is 1.61. The second kappa shape index (κ2) is 5.03. The van der Waals surface area contributed by atoms with Crippen molar-refractivity contribution in [3.05, 3.63) is 11.9 Å². The molecule has 1 amide bonds. The van der Waals surface area contributed by atoms with Gasteiger partial charge in [-0.25, -0.2) is 9.97 Å². The Morgan fingerprint density at radius 1 is 1.37 bits per heavy atom. The quantitative estimate of drug-likeness (QED) is 0.843. The molecule has 0 atom stereocenters. The summed E-state index contributed by atoms with van der Waals surface area (Å²) in [6.45, 7) is 2.03. The number of nitrogens with zero attached hydrogens (tertiary/aromatic N) is 3. The van der Waals surface area contributed by atoms with Gasteiger partial charge < -0.3 is 16.0 Å². The fourth-order valence-electron chi connectivity index (χ4n) is 2.34. The molecule has 2 aliphatic rings. The molecule has 0 radical (unpaired) electrons. The van der Waals surface area contributed by atoms with Crippen molar-refractivity contribution in [1.82, 2.24) is 14.9 Å². The molecular formula is C13H19N5O. The highest BCUT2D eigenvalue weighted by molar-refractivity contribution is 5.80. The van der Waals surface area contributed by atoms with Gasteiger partial charge in [0.25, 0.3) is 0 Å². The van der Waals surface area contributed by atoms with Gasteiger partial charge in [0.15, 0.2) is 0 Å². The Hall–Kier alpha value is -1.85. The molecule has 6 nitrogen and oxygen atoms in total. The number of nitrogens with one attached hydrogen (secondary N) is 1. The minimum atomic E-state index is 0.127. The number of likely N-dealkylation sites (tertiary alicyclic amines) is 1. The topological polar surface area (TPSA) is 84.1 Å². The highest BCUT2D eigenvalue weighted by Gasteiger charge is 2.27. The molecule has 1 saturated carbocycles. The number of aromatic nitrogens is 2. The molecule has 1 aromatic rings. The summed E-state index contributed by atoms with van der Waals surface area (Å²) in [6, 6.07) is 1.68. The molecule has 0 bridgehead atoms. The molecule has 102 valence electrons. The zero-order chi connectivity index (χ0) is 13.2. The number of carbonyl (C=O) groups excluding carboxylic acids is 1. The summed E-state index contributed by atoms with van der Waals surface area (Å²) in [5, 5.41) is 3.06. The van der Waals surface area contributed by atoms with Crippen LogP contribution in [-0.4, -0.2) is 40.4 Å². The van der Waals surface area contributed by atoms with Gasteiger partial charge in [-0.15, -0.1) is 0 Å². The second-order valence-corrected chi connectivity index (χ2v) is 5.25. The SMILES string of the molecule is Nc1cc(NCC(=O)N2CCCC2)nc(C2CC2)n1. The summed E-state index contributed by atoms with van der Waals surface area (Å²) in [4.78, 5) is 22.5. The highest BCUT2D eigenvalue weighted by Crippen LogP contribution is 2.38. The maximum absolute atomic E-state index is 11.9. The molecule has 0 aromatic carbocycles. The third-order valence-corrected chi connectivity index (χ3v) is 3.59. The van der Waals surface area contributed by atoms with Crippen molar-refractivity contribution >= 4 is 17.5 Å². The first-order chi connectivity index (χ1) is 9.22. The Morgan fingerprint density at radius 3 is 2.79 bits per heavy atom. The summed E-state index contributed by atoms with van der Waals surface area (Å²) in [5.41, 5.74) is 5.77. The van der Waals surface area contributed by atoms with E-state index in [4.69, 9.17) is 5.73 Å². The molecule has 1 aliphatic carbocycles. The van der Waals surface area contributed by atoms with Crippen LogP contribution in [0.2, 0.25) is 0 Å². The maximum Gasteiger partial charge on any atom is 0.241 e. The van der Waals surface area contributed by atoms with Crippen molar-refractivity contribution in [3.8, 4) is 0 Å². The molecular weight excluding hydrogens is 242 g/mol. The van der Waals surface area contributed by atoms with Crippen LogP contribution in [0.15, 0.2) is 6.07 Å². The normalized spacial score (nSPS) is 18.6. The van der Waals surface area contributed by atoms with Crippen LogP contribution in [-0.2, 0) is 4.79 Å². The van der Waals surface area contributed by atoms with E-state index in [0.717, 1.165) is 44.6 Å². The van der Waals surface area contributed by atoms with Gasteiger partial charge in [-0.3, -0.25) is 4.79 Å². The molecule has 19 heavy (non-hydrogen) atoms. The molecule has 0 spiro atoms. The number of hydrogen-bond acceptors (Lipinski definition) is 5. The van der Waals surface area contributed by atoms with Gasteiger partial charge in [0.1, 0.15) is 17.5 Å². The van der Waals surface area contributed by atoms with Gasteiger partial charge in [0.05, 0.1) is 6.54 Å². The fourth-order valence-corrected chi connectivity index (χ4v) is 2.34. The van der Waals surface area contributed by atoms with Crippen molar-refractivity contribution in [2.24, 2.45) is 0 Å². The first-order valence-electron chi connectivity index (χ1n) is 6.88. The average molecular weight is 261 g/mol. The maximum atomic E-state index is 11.9. The van der Waals surface area contributed by atoms with Crippen molar-refractivity contribution in [1.29, 1.82) is 0 Å². The van der Waals surface area contributed by atoms with Crippen LogP contribution in [0.25, 0.3) is 0 Å². The summed E-state index contributed by atoms with van der Waals surface area (Å²) in [6.07, 6.45) is 4.49. The van der Waals surface area contributed by atoms with E-state index < -0.39 is 0 Å². The van der Waals surface area contributed by atoms with E-state index in [0.29, 0.717) is 17.6 Å². The minimum Gasteiger partial charge on any atom is -0.384 e. The van der Waals surface area contributed by atoms with Gasteiger partial charge in [0, 0.05) is 25.1 Å². The van der Waals surface area contributed by atoms with Crippen LogP contribution in [0.4, 0.5) is 11.6 Å². The van der Waals surface area contributed by atoms with Crippen LogP contribution in [0, 0.1) is 0 Å². The average Bonchev–Trinajstić information content (AvgIpc) is 3.11. The van der Waals surface area contributed by atoms with E-state index in [1.165, 1.54) is 0 Å². The van der Waals surface area contributed by atoms with Crippen LogP contribution in [0.1, 0.15) is 37.4 Å². The molecule has 1 aromatic heterocycles. The Kier molecular flexibility index (Phi) is 3.23. The van der Waals surface area contributed by atoms with E-state index >= 15 is 0 Å². The Morgan fingerprint density at radius 2 is 2.11 bits per heavy atom. The van der Waals surface area contributed by atoms with Crippen molar-refractivity contribution in [3.63, 3.8) is 0 Å². The fraction of sp³-hybridized carbons (Fsp3) is 0.615. The van der Waals surface area contributed by atoms with E-state index in [1.807, 2.05) is 4.90 Å². The summed E-state index contributed by atoms with van der Waals surface area (Å²) in [5.74, 6) is 2.51. The molecule has 3 N–H and O–H groups in total. The lowest BCUT2D eigenvalue weighted by atomic mass is 10.3.